The number of hydrogen-bond acceptors (Lipinski definition) is 5. The second-order valence-electron chi connectivity index (χ2n) is 7.22. The van der Waals surface area contributed by atoms with Crippen LogP contribution in [0.2, 0.25) is 0 Å². The molecule has 1 aromatic carbocycles. The molecule has 26 heavy (non-hydrogen) atoms. The van der Waals surface area contributed by atoms with E-state index in [2.05, 4.69) is 32.1 Å². The highest BCUT2D eigenvalue weighted by Crippen LogP contribution is 2.29. The van der Waals surface area contributed by atoms with Crippen LogP contribution in [0.4, 0.5) is 0 Å². The summed E-state index contributed by atoms with van der Waals surface area (Å²) in [4.78, 5) is 4.90. The van der Waals surface area contributed by atoms with Crippen LogP contribution < -0.4 is 9.47 Å². The minimum Gasteiger partial charge on any atom is -0.493 e. The van der Waals surface area contributed by atoms with Crippen LogP contribution in [0, 0.1) is 0 Å². The van der Waals surface area contributed by atoms with Crippen LogP contribution in [-0.2, 0) is 19.5 Å². The van der Waals surface area contributed by atoms with E-state index in [-0.39, 0.29) is 0 Å². The molecule has 0 bridgehead atoms. The average molecular weight is 356 g/mol. The molecule has 1 saturated heterocycles. The zero-order valence-electron chi connectivity index (χ0n) is 15.5. The first-order valence-electron chi connectivity index (χ1n) is 9.57. The average Bonchev–Trinajstić information content (AvgIpc) is 3.34. The van der Waals surface area contributed by atoms with Crippen LogP contribution in [0.25, 0.3) is 0 Å². The second kappa shape index (κ2) is 8.10. The monoisotopic (exact) mass is 356 g/mol. The highest BCUT2D eigenvalue weighted by molar-refractivity contribution is 5.43. The Bertz CT molecular complexity index is 724. The van der Waals surface area contributed by atoms with Gasteiger partial charge in [-0.3, -0.25) is 14.9 Å². The molecule has 3 heterocycles. The molecule has 1 aromatic heterocycles. The maximum absolute atomic E-state index is 5.98. The van der Waals surface area contributed by atoms with Crippen molar-refractivity contribution >= 4 is 0 Å². The number of methoxy groups -OCH3 is 1. The quantitative estimate of drug-likeness (QED) is 0.826. The maximum atomic E-state index is 5.98. The predicted octanol–water partition coefficient (Wildman–Crippen LogP) is 2.45. The van der Waals surface area contributed by atoms with Crippen molar-refractivity contribution in [1.82, 2.24) is 20.0 Å². The summed E-state index contributed by atoms with van der Waals surface area (Å²) in [5.74, 6) is 1.66. The maximum Gasteiger partial charge on any atom is 0.161 e. The molecule has 0 amide bonds. The van der Waals surface area contributed by atoms with Crippen molar-refractivity contribution in [2.45, 2.75) is 32.4 Å². The molecule has 6 nitrogen and oxygen atoms in total. The summed E-state index contributed by atoms with van der Waals surface area (Å²) in [5.41, 5.74) is 3.84. The number of nitrogens with one attached hydrogen (secondary N) is 1. The van der Waals surface area contributed by atoms with Gasteiger partial charge in [-0.15, -0.1) is 0 Å². The van der Waals surface area contributed by atoms with Crippen molar-refractivity contribution in [3.05, 3.63) is 41.2 Å². The zero-order valence-corrected chi connectivity index (χ0v) is 15.5. The fourth-order valence-electron chi connectivity index (χ4n) is 3.89. The molecule has 1 fully saturated rings. The van der Waals surface area contributed by atoms with Crippen molar-refractivity contribution in [2.24, 2.45) is 0 Å². The summed E-state index contributed by atoms with van der Waals surface area (Å²) in [6.45, 7) is 7.01. The van der Waals surface area contributed by atoms with Crippen molar-refractivity contribution in [2.75, 3.05) is 39.9 Å². The van der Waals surface area contributed by atoms with Crippen LogP contribution in [0.1, 0.15) is 29.7 Å². The molecule has 0 atom stereocenters. The van der Waals surface area contributed by atoms with E-state index in [9.17, 15) is 0 Å². The Morgan fingerprint density at radius 3 is 2.85 bits per heavy atom. The Morgan fingerprint density at radius 2 is 2.00 bits per heavy atom. The van der Waals surface area contributed by atoms with E-state index in [1.807, 2.05) is 12.3 Å². The van der Waals surface area contributed by atoms with Crippen LogP contribution >= 0.6 is 0 Å². The number of aromatic nitrogens is 2. The molecule has 0 spiro atoms. The van der Waals surface area contributed by atoms with Gasteiger partial charge in [-0.25, -0.2) is 0 Å². The number of ether oxygens (including phenoxy) is 2. The molecule has 2 aliphatic rings. The Hall–Kier alpha value is -2.05. The number of nitrogens with zero attached hydrogens (tertiary/aromatic N) is 3. The Labute approximate surface area is 155 Å². The van der Waals surface area contributed by atoms with Crippen molar-refractivity contribution < 1.29 is 9.47 Å². The topological polar surface area (TPSA) is 53.6 Å². The summed E-state index contributed by atoms with van der Waals surface area (Å²) in [6.07, 6.45) is 5.60. The van der Waals surface area contributed by atoms with Gasteiger partial charge in [0.15, 0.2) is 11.5 Å². The normalized spacial score (nSPS) is 18.0. The predicted molar refractivity (Wildman–Crippen MR) is 101 cm³/mol. The molecule has 0 unspecified atom stereocenters. The molecule has 0 radical (unpaired) electrons. The van der Waals surface area contributed by atoms with Gasteiger partial charge in [0.05, 0.1) is 13.3 Å². The molecule has 6 heteroatoms. The molecule has 0 aliphatic carbocycles. The molecule has 0 saturated carbocycles. The lowest BCUT2D eigenvalue weighted by Crippen LogP contribution is -2.29. The number of hydrogen-bond donors (Lipinski definition) is 1. The first kappa shape index (κ1) is 17.4. The number of fused-ring (bicyclic) bond motifs is 1. The molecule has 1 N–H and O–H groups in total. The highest BCUT2D eigenvalue weighted by Gasteiger charge is 2.18. The lowest BCUT2D eigenvalue weighted by atomic mass is 10.1. The standard InChI is InChI=1S/C20H28N4O2/c1-25-20-12-16(14-24-9-6-18-17(15-24)13-21-22-18)4-5-19(20)26-11-10-23-7-2-3-8-23/h4-5,12-13H,2-3,6-11,14-15H2,1H3,(H,21,22). The molecular weight excluding hydrogens is 328 g/mol. The van der Waals surface area contributed by atoms with E-state index in [0.717, 1.165) is 44.1 Å². The van der Waals surface area contributed by atoms with Gasteiger partial charge in [0.25, 0.3) is 0 Å². The van der Waals surface area contributed by atoms with Crippen molar-refractivity contribution in [3.8, 4) is 11.5 Å². The SMILES string of the molecule is COc1cc(CN2CCc3[nH]ncc3C2)ccc1OCCN1CCCC1. The minimum atomic E-state index is 0.713. The van der Waals surface area contributed by atoms with E-state index in [1.54, 1.807) is 7.11 Å². The van der Waals surface area contributed by atoms with Gasteiger partial charge in [0.2, 0.25) is 0 Å². The van der Waals surface area contributed by atoms with Gasteiger partial charge in [0.1, 0.15) is 6.61 Å². The first-order chi connectivity index (χ1) is 12.8. The van der Waals surface area contributed by atoms with Crippen LogP contribution in [0.5, 0.6) is 11.5 Å². The third-order valence-corrected chi connectivity index (χ3v) is 5.38. The molecule has 2 aliphatic heterocycles. The summed E-state index contributed by atoms with van der Waals surface area (Å²) >= 11 is 0. The highest BCUT2D eigenvalue weighted by atomic mass is 16.5. The number of benzene rings is 1. The number of rotatable bonds is 7. The third kappa shape index (κ3) is 4.02. The van der Waals surface area contributed by atoms with Gasteiger partial charge >= 0.3 is 0 Å². The molecule has 140 valence electrons. The molecule has 4 rings (SSSR count). The molecule has 2 aromatic rings. The van der Waals surface area contributed by atoms with E-state index in [4.69, 9.17) is 9.47 Å². The summed E-state index contributed by atoms with van der Waals surface area (Å²) in [6, 6.07) is 6.31. The van der Waals surface area contributed by atoms with Gasteiger partial charge in [-0.05, 0) is 43.6 Å². The Kier molecular flexibility index (Phi) is 5.41. The van der Waals surface area contributed by atoms with Crippen LogP contribution in [-0.4, -0.2) is 59.9 Å². The number of likely N-dealkylation sites (tertiary alicyclic amines) is 1. The van der Waals surface area contributed by atoms with Gasteiger partial charge in [-0.2, -0.15) is 5.10 Å². The smallest absolute Gasteiger partial charge is 0.161 e. The van der Waals surface area contributed by atoms with Gasteiger partial charge < -0.3 is 9.47 Å². The lowest BCUT2D eigenvalue weighted by Gasteiger charge is -2.26. The van der Waals surface area contributed by atoms with E-state index >= 15 is 0 Å². The summed E-state index contributed by atoms with van der Waals surface area (Å²) in [5, 5.41) is 7.24. The van der Waals surface area contributed by atoms with Gasteiger partial charge in [-0.1, -0.05) is 6.07 Å². The third-order valence-electron chi connectivity index (χ3n) is 5.38. The number of H-pyrrole nitrogens is 1. The fraction of sp³-hybridized carbons (Fsp3) is 0.550. The molecular formula is C20H28N4O2. The zero-order chi connectivity index (χ0) is 17.8. The van der Waals surface area contributed by atoms with E-state index in [1.165, 1.54) is 42.8 Å². The Balaban J connectivity index is 1.34. The second-order valence-corrected chi connectivity index (χ2v) is 7.22. The number of aromatic amines is 1. The van der Waals surface area contributed by atoms with Crippen LogP contribution in [0.15, 0.2) is 24.4 Å². The fourth-order valence-corrected chi connectivity index (χ4v) is 3.89. The van der Waals surface area contributed by atoms with E-state index in [0.29, 0.717) is 6.61 Å². The van der Waals surface area contributed by atoms with Crippen molar-refractivity contribution in [1.29, 1.82) is 0 Å². The van der Waals surface area contributed by atoms with Crippen LogP contribution in [0.3, 0.4) is 0 Å². The van der Waals surface area contributed by atoms with E-state index < -0.39 is 0 Å². The first-order valence-corrected chi connectivity index (χ1v) is 9.57. The van der Waals surface area contributed by atoms with Gasteiger partial charge in [0, 0.05) is 43.9 Å². The lowest BCUT2D eigenvalue weighted by molar-refractivity contribution is 0.229. The van der Waals surface area contributed by atoms with Crippen molar-refractivity contribution in [3.63, 3.8) is 0 Å². The summed E-state index contributed by atoms with van der Waals surface area (Å²) < 4.78 is 11.5. The largest absolute Gasteiger partial charge is 0.493 e. The summed E-state index contributed by atoms with van der Waals surface area (Å²) in [7, 11) is 1.71. The Morgan fingerprint density at radius 1 is 1.12 bits per heavy atom. The minimum absolute atomic E-state index is 0.713.